The lowest BCUT2D eigenvalue weighted by Crippen LogP contribution is -2.06. The predicted octanol–water partition coefficient (Wildman–Crippen LogP) is 3.20. The third-order valence-electron chi connectivity index (χ3n) is 2.67. The highest BCUT2D eigenvalue weighted by Gasteiger charge is 2.07. The number of carboxylic acids is 1. The zero-order chi connectivity index (χ0) is 13.7. The van der Waals surface area contributed by atoms with Crippen LogP contribution in [-0.2, 0) is 6.42 Å². The summed E-state index contributed by atoms with van der Waals surface area (Å²) in [6, 6.07) is 9.05. The largest absolute Gasteiger partial charge is 0.478 e. The summed E-state index contributed by atoms with van der Waals surface area (Å²) in [6.45, 7) is 0.768. The highest BCUT2D eigenvalue weighted by Crippen LogP contribution is 2.21. The number of rotatable bonds is 5. The molecular weight excluding hydrogens is 308 g/mol. The third kappa shape index (κ3) is 3.79. The second kappa shape index (κ2) is 6.33. The van der Waals surface area contributed by atoms with Crippen molar-refractivity contribution in [2.75, 3.05) is 11.9 Å². The van der Waals surface area contributed by atoms with Gasteiger partial charge in [-0.3, -0.25) is 4.98 Å². The van der Waals surface area contributed by atoms with Crippen molar-refractivity contribution < 1.29 is 9.90 Å². The number of aromatic nitrogens is 1. The van der Waals surface area contributed by atoms with Gasteiger partial charge in [-0.15, -0.1) is 0 Å². The van der Waals surface area contributed by atoms with Gasteiger partial charge in [0.15, 0.2) is 0 Å². The molecule has 0 amide bonds. The van der Waals surface area contributed by atoms with E-state index in [0.717, 1.165) is 24.2 Å². The maximum Gasteiger partial charge on any atom is 0.336 e. The SMILES string of the molecule is O=C(O)c1ccc(NCCc2cccnc2)cc1Br. The van der Waals surface area contributed by atoms with Gasteiger partial charge in [0, 0.05) is 29.1 Å². The molecule has 2 rings (SSSR count). The molecule has 5 heteroatoms. The van der Waals surface area contributed by atoms with E-state index in [1.165, 1.54) is 0 Å². The van der Waals surface area contributed by atoms with Crippen molar-refractivity contribution in [2.45, 2.75) is 6.42 Å². The lowest BCUT2D eigenvalue weighted by molar-refractivity contribution is 0.0696. The van der Waals surface area contributed by atoms with Gasteiger partial charge in [-0.2, -0.15) is 0 Å². The van der Waals surface area contributed by atoms with Crippen molar-refractivity contribution in [3.05, 3.63) is 58.3 Å². The number of benzene rings is 1. The van der Waals surface area contributed by atoms with E-state index in [9.17, 15) is 4.79 Å². The lowest BCUT2D eigenvalue weighted by atomic mass is 10.2. The van der Waals surface area contributed by atoms with E-state index in [0.29, 0.717) is 4.47 Å². The van der Waals surface area contributed by atoms with Crippen LogP contribution in [-0.4, -0.2) is 22.6 Å². The van der Waals surface area contributed by atoms with Gasteiger partial charge in [0.05, 0.1) is 5.56 Å². The van der Waals surface area contributed by atoms with Gasteiger partial charge >= 0.3 is 5.97 Å². The summed E-state index contributed by atoms with van der Waals surface area (Å²) >= 11 is 3.25. The first-order chi connectivity index (χ1) is 9.16. The number of nitrogens with zero attached hydrogens (tertiary/aromatic N) is 1. The number of pyridine rings is 1. The van der Waals surface area contributed by atoms with E-state index in [1.54, 1.807) is 24.4 Å². The fraction of sp³-hybridized carbons (Fsp3) is 0.143. The Morgan fingerprint density at radius 2 is 2.21 bits per heavy atom. The highest BCUT2D eigenvalue weighted by molar-refractivity contribution is 9.10. The standard InChI is InChI=1S/C14H13BrN2O2/c15-13-8-11(3-4-12(13)14(18)19)17-7-5-10-2-1-6-16-9-10/h1-4,6,8-9,17H,5,7H2,(H,18,19). The average Bonchev–Trinajstić information content (AvgIpc) is 2.39. The minimum atomic E-state index is -0.936. The zero-order valence-corrected chi connectivity index (χ0v) is 11.7. The first-order valence-corrected chi connectivity index (χ1v) is 6.62. The molecule has 0 bridgehead atoms. The molecule has 4 nitrogen and oxygen atoms in total. The lowest BCUT2D eigenvalue weighted by Gasteiger charge is -2.08. The molecule has 98 valence electrons. The van der Waals surface area contributed by atoms with Crippen LogP contribution in [0.15, 0.2) is 47.2 Å². The molecular formula is C14H13BrN2O2. The van der Waals surface area contributed by atoms with Crippen LogP contribution < -0.4 is 5.32 Å². The number of carboxylic acid groups (broad SMARTS) is 1. The summed E-state index contributed by atoms with van der Waals surface area (Å²) in [5, 5.41) is 12.2. The van der Waals surface area contributed by atoms with Crippen LogP contribution in [0, 0.1) is 0 Å². The molecule has 0 saturated carbocycles. The molecule has 1 aromatic heterocycles. The topological polar surface area (TPSA) is 62.2 Å². The van der Waals surface area contributed by atoms with Crippen LogP contribution >= 0.6 is 15.9 Å². The molecule has 0 aliphatic carbocycles. The number of nitrogens with one attached hydrogen (secondary N) is 1. The summed E-state index contributed by atoms with van der Waals surface area (Å²) in [5.41, 5.74) is 2.31. The van der Waals surface area contributed by atoms with E-state index < -0.39 is 5.97 Å². The number of aromatic carboxylic acids is 1. The van der Waals surface area contributed by atoms with Crippen molar-refractivity contribution in [3.8, 4) is 0 Å². The van der Waals surface area contributed by atoms with Crippen molar-refractivity contribution in [3.63, 3.8) is 0 Å². The fourth-order valence-corrected chi connectivity index (χ4v) is 2.24. The average molecular weight is 321 g/mol. The smallest absolute Gasteiger partial charge is 0.336 e. The molecule has 0 fully saturated rings. The molecule has 0 spiro atoms. The van der Waals surface area contributed by atoms with Gasteiger partial charge < -0.3 is 10.4 Å². The van der Waals surface area contributed by atoms with E-state index >= 15 is 0 Å². The van der Waals surface area contributed by atoms with Crippen molar-refractivity contribution in [1.82, 2.24) is 4.98 Å². The summed E-state index contributed by atoms with van der Waals surface area (Å²) in [6.07, 6.45) is 4.45. The third-order valence-corrected chi connectivity index (χ3v) is 3.32. The zero-order valence-electron chi connectivity index (χ0n) is 10.1. The van der Waals surface area contributed by atoms with E-state index in [1.807, 2.05) is 18.3 Å². The summed E-state index contributed by atoms with van der Waals surface area (Å²) < 4.78 is 0.575. The Hall–Kier alpha value is -1.88. The molecule has 0 aliphatic rings. The second-order valence-corrected chi connectivity index (χ2v) is 4.89. The van der Waals surface area contributed by atoms with Gasteiger partial charge in [-0.25, -0.2) is 4.79 Å². The molecule has 0 saturated heterocycles. The quantitative estimate of drug-likeness (QED) is 0.888. The molecule has 0 radical (unpaired) electrons. The minimum Gasteiger partial charge on any atom is -0.478 e. The number of anilines is 1. The minimum absolute atomic E-state index is 0.262. The molecule has 1 heterocycles. The number of carbonyl (C=O) groups is 1. The molecule has 19 heavy (non-hydrogen) atoms. The fourth-order valence-electron chi connectivity index (χ4n) is 1.70. The normalized spacial score (nSPS) is 10.2. The Morgan fingerprint density at radius 1 is 1.37 bits per heavy atom. The molecule has 0 unspecified atom stereocenters. The molecule has 0 aliphatic heterocycles. The van der Waals surface area contributed by atoms with Crippen LogP contribution in [0.4, 0.5) is 5.69 Å². The predicted molar refractivity (Wildman–Crippen MR) is 77.5 cm³/mol. The van der Waals surface area contributed by atoms with E-state index in [4.69, 9.17) is 5.11 Å². The molecule has 2 aromatic rings. The van der Waals surface area contributed by atoms with Crippen LogP contribution in [0.2, 0.25) is 0 Å². The van der Waals surface area contributed by atoms with Gasteiger partial charge in [-0.05, 0) is 52.2 Å². The van der Waals surface area contributed by atoms with Crippen LogP contribution in [0.1, 0.15) is 15.9 Å². The molecule has 2 N–H and O–H groups in total. The summed E-state index contributed by atoms with van der Waals surface area (Å²) in [4.78, 5) is 14.9. The number of hydrogen-bond acceptors (Lipinski definition) is 3. The first kappa shape index (κ1) is 13.5. The Labute approximate surface area is 119 Å². The summed E-state index contributed by atoms with van der Waals surface area (Å²) in [7, 11) is 0. The first-order valence-electron chi connectivity index (χ1n) is 5.82. The Kier molecular flexibility index (Phi) is 4.52. The van der Waals surface area contributed by atoms with Crippen LogP contribution in [0.25, 0.3) is 0 Å². The number of hydrogen-bond donors (Lipinski definition) is 2. The maximum absolute atomic E-state index is 10.9. The highest BCUT2D eigenvalue weighted by atomic mass is 79.9. The van der Waals surface area contributed by atoms with Crippen molar-refractivity contribution in [1.29, 1.82) is 0 Å². The summed E-state index contributed by atoms with van der Waals surface area (Å²) in [5.74, 6) is -0.936. The maximum atomic E-state index is 10.9. The van der Waals surface area contributed by atoms with E-state index in [2.05, 4.69) is 26.2 Å². The van der Waals surface area contributed by atoms with Gasteiger partial charge in [0.1, 0.15) is 0 Å². The van der Waals surface area contributed by atoms with E-state index in [-0.39, 0.29) is 5.56 Å². The van der Waals surface area contributed by atoms with Gasteiger partial charge in [0.25, 0.3) is 0 Å². The van der Waals surface area contributed by atoms with Crippen molar-refractivity contribution in [2.24, 2.45) is 0 Å². The Bertz CT molecular complexity index is 573. The van der Waals surface area contributed by atoms with Gasteiger partial charge in [0.2, 0.25) is 0 Å². The molecule has 1 aromatic carbocycles. The van der Waals surface area contributed by atoms with Crippen LogP contribution in [0.3, 0.4) is 0 Å². The second-order valence-electron chi connectivity index (χ2n) is 4.04. The van der Waals surface area contributed by atoms with Crippen LogP contribution in [0.5, 0.6) is 0 Å². The Morgan fingerprint density at radius 3 is 2.84 bits per heavy atom. The van der Waals surface area contributed by atoms with Crippen molar-refractivity contribution >= 4 is 27.6 Å². The van der Waals surface area contributed by atoms with Gasteiger partial charge in [-0.1, -0.05) is 6.07 Å². The number of halogens is 1. The molecule has 0 atom stereocenters. The Balaban J connectivity index is 1.93. The monoisotopic (exact) mass is 320 g/mol.